The van der Waals surface area contributed by atoms with Crippen LogP contribution in [0.3, 0.4) is 0 Å². The molecule has 28 heavy (non-hydrogen) atoms. The molecular weight excluding hydrogens is 345 g/mol. The molecule has 1 unspecified atom stereocenters. The van der Waals surface area contributed by atoms with Crippen LogP contribution in [-0.4, -0.2) is 13.1 Å². The van der Waals surface area contributed by atoms with Gasteiger partial charge in [-0.05, 0) is 73.7 Å². The molecule has 2 heteroatoms. The van der Waals surface area contributed by atoms with Crippen LogP contribution < -0.4 is 5.32 Å². The second-order valence-electron chi connectivity index (χ2n) is 9.07. The smallest absolute Gasteiger partial charge is 0.123 e. The molecule has 0 heterocycles. The number of benzene rings is 1. The summed E-state index contributed by atoms with van der Waals surface area (Å²) in [6, 6.07) is 6.95. The van der Waals surface area contributed by atoms with Crippen LogP contribution in [0, 0.1) is 23.1 Å². The number of nitrogens with one attached hydrogen (secondary N) is 1. The average molecular weight is 396 g/mol. The fourth-order valence-electron chi connectivity index (χ4n) is 3.33. The zero-order valence-corrected chi connectivity index (χ0v) is 20.5. The molecule has 0 spiro atoms. The largest absolute Gasteiger partial charge is 0.316 e. The Balaban J connectivity index is 0. The van der Waals surface area contributed by atoms with Crippen molar-refractivity contribution in [1.29, 1.82) is 0 Å². The Labute approximate surface area is 176 Å². The van der Waals surface area contributed by atoms with E-state index in [9.17, 15) is 4.39 Å². The highest BCUT2D eigenvalue weighted by atomic mass is 19.1. The summed E-state index contributed by atoms with van der Waals surface area (Å²) in [5.74, 6) is 1.41. The summed E-state index contributed by atoms with van der Waals surface area (Å²) in [5.41, 5.74) is 1.51. The molecule has 0 aliphatic carbocycles. The van der Waals surface area contributed by atoms with Crippen molar-refractivity contribution in [2.45, 2.75) is 101 Å². The minimum atomic E-state index is -0.149. The summed E-state index contributed by atoms with van der Waals surface area (Å²) in [7, 11) is 0. The fourth-order valence-corrected chi connectivity index (χ4v) is 3.33. The first kappa shape index (κ1) is 29.3. The highest BCUT2D eigenvalue weighted by Crippen LogP contribution is 2.28. The lowest BCUT2D eigenvalue weighted by molar-refractivity contribution is 0.316. The van der Waals surface area contributed by atoms with Gasteiger partial charge in [-0.25, -0.2) is 4.39 Å². The van der Waals surface area contributed by atoms with E-state index in [1.54, 1.807) is 12.1 Å². The van der Waals surface area contributed by atoms with E-state index in [-0.39, 0.29) is 11.2 Å². The first-order valence-corrected chi connectivity index (χ1v) is 11.6. The molecule has 1 aromatic rings. The van der Waals surface area contributed by atoms with E-state index in [0.29, 0.717) is 0 Å². The summed E-state index contributed by atoms with van der Waals surface area (Å²) in [5, 5.41) is 3.59. The van der Waals surface area contributed by atoms with Crippen molar-refractivity contribution in [3.05, 3.63) is 35.6 Å². The summed E-state index contributed by atoms with van der Waals surface area (Å²) in [6.45, 7) is 22.0. The van der Waals surface area contributed by atoms with Gasteiger partial charge in [0.2, 0.25) is 0 Å². The second kappa shape index (κ2) is 18.2. The molecule has 0 saturated heterocycles. The highest BCUT2D eigenvalue weighted by molar-refractivity contribution is 5.17. The minimum absolute atomic E-state index is 0.149. The van der Waals surface area contributed by atoms with Crippen LogP contribution in [0.1, 0.15) is 100.0 Å². The molecule has 0 amide bonds. The number of unbranched alkanes of at least 4 members (excludes halogenated alkanes) is 1. The molecule has 0 aromatic heterocycles. The molecule has 0 aliphatic heterocycles. The van der Waals surface area contributed by atoms with E-state index < -0.39 is 0 Å². The monoisotopic (exact) mass is 395 g/mol. The molecule has 0 saturated carbocycles. The van der Waals surface area contributed by atoms with Crippen molar-refractivity contribution in [2.75, 3.05) is 13.1 Å². The molecule has 0 radical (unpaired) electrons. The van der Waals surface area contributed by atoms with Gasteiger partial charge in [0, 0.05) is 0 Å². The van der Waals surface area contributed by atoms with Gasteiger partial charge in [0.15, 0.2) is 0 Å². The van der Waals surface area contributed by atoms with Crippen molar-refractivity contribution in [2.24, 2.45) is 17.3 Å². The van der Waals surface area contributed by atoms with Gasteiger partial charge < -0.3 is 5.32 Å². The lowest BCUT2D eigenvalue weighted by atomic mass is 9.81. The van der Waals surface area contributed by atoms with Crippen LogP contribution in [0.2, 0.25) is 0 Å². The normalized spacial score (nSPS) is 12.0. The van der Waals surface area contributed by atoms with Gasteiger partial charge in [-0.2, -0.15) is 0 Å². The molecule has 0 aliphatic rings. The van der Waals surface area contributed by atoms with E-state index in [1.807, 2.05) is 26.0 Å². The van der Waals surface area contributed by atoms with E-state index in [1.165, 1.54) is 37.7 Å². The van der Waals surface area contributed by atoms with Crippen LogP contribution in [-0.2, 0) is 6.42 Å². The van der Waals surface area contributed by atoms with Crippen LogP contribution in [0.25, 0.3) is 0 Å². The molecule has 0 fully saturated rings. The van der Waals surface area contributed by atoms with Crippen molar-refractivity contribution in [1.82, 2.24) is 5.32 Å². The SMILES string of the molecule is CC.CC(C)CC(C)CNCCCCC(C)(C)Cc1ccc(F)cc1.CCC. The standard InChI is InChI=1S/C21H36FN.C3H8.C2H6/c1-17(2)14-18(3)16-23-13-7-6-12-21(4,5)15-19-8-10-20(22)11-9-19;1-3-2;1-2/h8-11,17-18,23H,6-7,12-16H2,1-5H3;3H2,1-2H3;1-2H3. The van der Waals surface area contributed by atoms with Gasteiger partial charge in [0.1, 0.15) is 5.82 Å². The third kappa shape index (κ3) is 18.5. The van der Waals surface area contributed by atoms with Crippen LogP contribution >= 0.6 is 0 Å². The van der Waals surface area contributed by atoms with Crippen LogP contribution in [0.5, 0.6) is 0 Å². The predicted octanol–water partition coefficient (Wildman–Crippen LogP) is 8.28. The zero-order valence-electron chi connectivity index (χ0n) is 20.5. The van der Waals surface area contributed by atoms with Gasteiger partial charge in [-0.3, -0.25) is 0 Å². The molecule has 1 rings (SSSR count). The highest BCUT2D eigenvalue weighted by Gasteiger charge is 2.18. The third-order valence-electron chi connectivity index (χ3n) is 4.42. The summed E-state index contributed by atoms with van der Waals surface area (Å²) in [6.07, 6.45) is 7.28. The molecule has 1 nitrogen and oxygen atoms in total. The Morgan fingerprint density at radius 3 is 2.00 bits per heavy atom. The maximum absolute atomic E-state index is 13.0. The molecule has 0 bridgehead atoms. The minimum Gasteiger partial charge on any atom is -0.316 e. The predicted molar refractivity (Wildman–Crippen MR) is 127 cm³/mol. The van der Waals surface area contributed by atoms with Crippen LogP contribution in [0.4, 0.5) is 4.39 Å². The summed E-state index contributed by atoms with van der Waals surface area (Å²) < 4.78 is 13.0. The maximum atomic E-state index is 13.0. The molecule has 1 N–H and O–H groups in total. The zero-order chi connectivity index (χ0) is 22.0. The second-order valence-corrected chi connectivity index (χ2v) is 9.07. The summed E-state index contributed by atoms with van der Waals surface area (Å²) >= 11 is 0. The van der Waals surface area contributed by atoms with Gasteiger partial charge in [0.25, 0.3) is 0 Å². The number of halogens is 1. The first-order chi connectivity index (χ1) is 13.2. The molecule has 1 aromatic carbocycles. The van der Waals surface area contributed by atoms with Crippen molar-refractivity contribution >= 4 is 0 Å². The first-order valence-electron chi connectivity index (χ1n) is 11.6. The number of hydrogen-bond acceptors (Lipinski definition) is 1. The molecule has 166 valence electrons. The van der Waals surface area contributed by atoms with Crippen molar-refractivity contribution in [3.63, 3.8) is 0 Å². The van der Waals surface area contributed by atoms with Gasteiger partial charge in [0.05, 0.1) is 0 Å². The molecular formula is C26H50FN. The van der Waals surface area contributed by atoms with Gasteiger partial charge >= 0.3 is 0 Å². The van der Waals surface area contributed by atoms with E-state index in [0.717, 1.165) is 31.3 Å². The maximum Gasteiger partial charge on any atom is 0.123 e. The lowest BCUT2D eigenvalue weighted by Gasteiger charge is -2.25. The van der Waals surface area contributed by atoms with Crippen molar-refractivity contribution in [3.8, 4) is 0 Å². The van der Waals surface area contributed by atoms with E-state index in [2.05, 4.69) is 53.8 Å². The molecule has 1 atom stereocenters. The number of hydrogen-bond donors (Lipinski definition) is 1. The van der Waals surface area contributed by atoms with E-state index >= 15 is 0 Å². The lowest BCUT2D eigenvalue weighted by Crippen LogP contribution is -2.23. The fraction of sp³-hybridized carbons (Fsp3) is 0.769. The third-order valence-corrected chi connectivity index (χ3v) is 4.42. The van der Waals surface area contributed by atoms with Crippen molar-refractivity contribution < 1.29 is 4.39 Å². The van der Waals surface area contributed by atoms with Crippen LogP contribution in [0.15, 0.2) is 24.3 Å². The Morgan fingerprint density at radius 2 is 1.50 bits per heavy atom. The summed E-state index contributed by atoms with van der Waals surface area (Å²) in [4.78, 5) is 0. The Morgan fingerprint density at radius 1 is 0.964 bits per heavy atom. The Kier molecular flexibility index (Phi) is 19.0. The van der Waals surface area contributed by atoms with Gasteiger partial charge in [-0.1, -0.05) is 87.3 Å². The number of rotatable bonds is 11. The Bertz CT molecular complexity index is 436. The van der Waals surface area contributed by atoms with Gasteiger partial charge in [-0.15, -0.1) is 0 Å². The quantitative estimate of drug-likeness (QED) is 0.372. The van der Waals surface area contributed by atoms with E-state index in [4.69, 9.17) is 0 Å². The Hall–Kier alpha value is -0.890. The average Bonchev–Trinajstić information content (AvgIpc) is 2.61. The topological polar surface area (TPSA) is 12.0 Å².